The largest absolute Gasteiger partial charge is 0.356 e. The van der Waals surface area contributed by atoms with Crippen molar-refractivity contribution in [3.63, 3.8) is 0 Å². The summed E-state index contributed by atoms with van der Waals surface area (Å²) in [7, 11) is 0. The molecule has 0 aromatic carbocycles. The van der Waals surface area contributed by atoms with E-state index in [1.165, 1.54) is 11.3 Å². The zero-order chi connectivity index (χ0) is 19.1. The van der Waals surface area contributed by atoms with Gasteiger partial charge in [-0.3, -0.25) is 10.1 Å². The van der Waals surface area contributed by atoms with Crippen LogP contribution in [0.4, 0.5) is 15.7 Å². The molecule has 0 radical (unpaired) electrons. The number of nitrogens with zero attached hydrogens (tertiary/aromatic N) is 4. The van der Waals surface area contributed by atoms with Crippen LogP contribution >= 0.6 is 11.3 Å². The third-order valence-corrected chi connectivity index (χ3v) is 5.03. The van der Waals surface area contributed by atoms with Crippen LogP contribution in [0.2, 0.25) is 0 Å². The fraction of sp³-hybridized carbons (Fsp3) is 0.444. The molecule has 0 aliphatic carbocycles. The van der Waals surface area contributed by atoms with Crippen molar-refractivity contribution in [2.45, 2.75) is 19.8 Å². The Morgan fingerprint density at radius 1 is 1.22 bits per heavy atom. The number of carbonyl (C=O) groups excluding carboxylic acids is 2. The van der Waals surface area contributed by atoms with Crippen molar-refractivity contribution < 1.29 is 9.59 Å². The molecule has 0 saturated carbocycles. The normalized spacial score (nSPS) is 14.1. The summed E-state index contributed by atoms with van der Waals surface area (Å²) in [6.07, 6.45) is 2.91. The monoisotopic (exact) mass is 388 g/mol. The molecule has 1 aliphatic rings. The van der Waals surface area contributed by atoms with Crippen LogP contribution in [0.25, 0.3) is 0 Å². The molecule has 0 bridgehead atoms. The summed E-state index contributed by atoms with van der Waals surface area (Å²) in [6, 6.07) is 5.67. The van der Waals surface area contributed by atoms with Crippen molar-refractivity contribution in [1.82, 2.24) is 20.2 Å². The maximum absolute atomic E-state index is 12.5. The molecule has 9 heteroatoms. The first kappa shape index (κ1) is 19.1. The van der Waals surface area contributed by atoms with E-state index in [9.17, 15) is 9.59 Å². The summed E-state index contributed by atoms with van der Waals surface area (Å²) in [5.41, 5.74) is 0.670. The fourth-order valence-electron chi connectivity index (χ4n) is 2.79. The number of hydrogen-bond acceptors (Lipinski definition) is 6. The van der Waals surface area contributed by atoms with Crippen molar-refractivity contribution in [3.8, 4) is 0 Å². The second-order valence-corrected chi connectivity index (χ2v) is 7.12. The maximum atomic E-state index is 12.5. The molecule has 1 saturated heterocycles. The predicted molar refractivity (Wildman–Crippen MR) is 106 cm³/mol. The minimum absolute atomic E-state index is 0.0503. The van der Waals surface area contributed by atoms with Crippen molar-refractivity contribution in [3.05, 3.63) is 35.5 Å². The molecule has 27 heavy (non-hydrogen) atoms. The number of pyridine rings is 1. The van der Waals surface area contributed by atoms with E-state index in [2.05, 4.69) is 25.5 Å². The molecule has 2 N–H and O–H groups in total. The third-order valence-electron chi connectivity index (χ3n) is 4.22. The average Bonchev–Trinajstić information content (AvgIpc) is 3.13. The van der Waals surface area contributed by atoms with Crippen molar-refractivity contribution >= 4 is 34.2 Å². The number of aromatic nitrogens is 2. The highest BCUT2D eigenvalue weighted by atomic mass is 32.1. The maximum Gasteiger partial charge on any atom is 0.323 e. The Hall–Kier alpha value is -2.68. The molecule has 2 aromatic heterocycles. The summed E-state index contributed by atoms with van der Waals surface area (Å²) in [4.78, 5) is 36.8. The van der Waals surface area contributed by atoms with Crippen LogP contribution in [-0.2, 0) is 11.2 Å². The zero-order valence-corrected chi connectivity index (χ0v) is 16.2. The van der Waals surface area contributed by atoms with Gasteiger partial charge in [0.15, 0.2) is 5.13 Å². The number of anilines is 2. The standard InChI is InChI=1S/C18H24N6O2S/c1-2-6-20-16(25)12-14-13-27-17(21-14)22-18(26)24-10-8-23(9-11-24)15-5-3-4-7-19-15/h3-5,7,13H,2,6,8-12H2,1H3,(H,20,25)(H,21,22,26). The van der Waals surface area contributed by atoms with Gasteiger partial charge in [0.25, 0.3) is 0 Å². The highest BCUT2D eigenvalue weighted by Gasteiger charge is 2.22. The van der Waals surface area contributed by atoms with E-state index in [-0.39, 0.29) is 18.4 Å². The van der Waals surface area contributed by atoms with Crippen molar-refractivity contribution in [2.75, 3.05) is 42.9 Å². The number of thiazole rings is 1. The highest BCUT2D eigenvalue weighted by Crippen LogP contribution is 2.18. The van der Waals surface area contributed by atoms with Gasteiger partial charge in [-0.1, -0.05) is 13.0 Å². The lowest BCUT2D eigenvalue weighted by molar-refractivity contribution is -0.120. The number of amides is 3. The molecule has 1 fully saturated rings. The van der Waals surface area contributed by atoms with Crippen LogP contribution in [0.1, 0.15) is 19.0 Å². The summed E-state index contributed by atoms with van der Waals surface area (Å²) in [6.45, 7) is 5.40. The molecule has 3 amide bonds. The lowest BCUT2D eigenvalue weighted by Gasteiger charge is -2.35. The number of nitrogens with one attached hydrogen (secondary N) is 2. The highest BCUT2D eigenvalue weighted by molar-refractivity contribution is 7.13. The second-order valence-electron chi connectivity index (χ2n) is 6.26. The Labute approximate surface area is 162 Å². The summed E-state index contributed by atoms with van der Waals surface area (Å²) >= 11 is 1.33. The van der Waals surface area contributed by atoms with Crippen LogP contribution in [-0.4, -0.2) is 59.5 Å². The number of hydrogen-bond donors (Lipinski definition) is 2. The lowest BCUT2D eigenvalue weighted by Crippen LogP contribution is -2.50. The van der Waals surface area contributed by atoms with Crippen LogP contribution in [0.5, 0.6) is 0 Å². The average molecular weight is 388 g/mol. The molecule has 0 unspecified atom stereocenters. The molecule has 0 atom stereocenters. The molecular formula is C18H24N6O2S. The fourth-order valence-corrected chi connectivity index (χ4v) is 3.49. The van der Waals surface area contributed by atoms with Crippen LogP contribution in [0.15, 0.2) is 29.8 Å². The lowest BCUT2D eigenvalue weighted by atomic mass is 10.3. The number of piperazine rings is 1. The van der Waals surface area contributed by atoms with Crippen LogP contribution in [0, 0.1) is 0 Å². The van der Waals surface area contributed by atoms with Gasteiger partial charge in [-0.25, -0.2) is 14.8 Å². The first-order chi connectivity index (χ1) is 13.2. The van der Waals surface area contributed by atoms with Crippen molar-refractivity contribution in [1.29, 1.82) is 0 Å². The quantitative estimate of drug-likeness (QED) is 0.789. The Kier molecular flexibility index (Phi) is 6.59. The van der Waals surface area contributed by atoms with Gasteiger partial charge in [0.1, 0.15) is 5.82 Å². The van der Waals surface area contributed by atoms with Gasteiger partial charge < -0.3 is 15.1 Å². The zero-order valence-electron chi connectivity index (χ0n) is 15.4. The molecule has 1 aliphatic heterocycles. The minimum atomic E-state index is -0.160. The predicted octanol–water partition coefficient (Wildman–Crippen LogP) is 1.96. The Balaban J connectivity index is 1.46. The van der Waals surface area contributed by atoms with Gasteiger partial charge in [0.2, 0.25) is 5.91 Å². The SMILES string of the molecule is CCCNC(=O)Cc1csc(NC(=O)N2CCN(c3ccccn3)CC2)n1. The topological polar surface area (TPSA) is 90.5 Å². The van der Waals surface area contributed by atoms with E-state index < -0.39 is 0 Å². The van der Waals surface area contributed by atoms with Gasteiger partial charge in [0, 0.05) is 44.3 Å². The second kappa shape index (κ2) is 9.31. The number of rotatable bonds is 6. The smallest absolute Gasteiger partial charge is 0.323 e. The molecule has 3 heterocycles. The van der Waals surface area contributed by atoms with E-state index in [1.54, 1.807) is 16.5 Å². The first-order valence-corrected chi connectivity index (χ1v) is 9.96. The van der Waals surface area contributed by atoms with E-state index in [0.717, 1.165) is 25.3 Å². The Morgan fingerprint density at radius 2 is 2.04 bits per heavy atom. The van der Waals surface area contributed by atoms with E-state index >= 15 is 0 Å². The molecule has 0 spiro atoms. The van der Waals surface area contributed by atoms with Gasteiger partial charge in [-0.2, -0.15) is 0 Å². The molecular weight excluding hydrogens is 364 g/mol. The van der Waals surface area contributed by atoms with Gasteiger partial charge in [-0.05, 0) is 18.6 Å². The summed E-state index contributed by atoms with van der Waals surface area (Å²) < 4.78 is 0. The number of urea groups is 1. The van der Waals surface area contributed by atoms with Gasteiger partial charge in [0.05, 0.1) is 12.1 Å². The molecule has 3 rings (SSSR count). The van der Waals surface area contributed by atoms with Crippen LogP contribution in [0.3, 0.4) is 0 Å². The van der Waals surface area contributed by atoms with Gasteiger partial charge in [-0.15, -0.1) is 11.3 Å². The summed E-state index contributed by atoms with van der Waals surface area (Å²) in [5.74, 6) is 0.883. The van der Waals surface area contributed by atoms with Crippen molar-refractivity contribution in [2.24, 2.45) is 0 Å². The van der Waals surface area contributed by atoms with E-state index in [4.69, 9.17) is 0 Å². The van der Waals surface area contributed by atoms with E-state index in [1.807, 2.05) is 25.1 Å². The Morgan fingerprint density at radius 3 is 2.74 bits per heavy atom. The van der Waals surface area contributed by atoms with Crippen LogP contribution < -0.4 is 15.5 Å². The minimum Gasteiger partial charge on any atom is -0.356 e. The third kappa shape index (κ3) is 5.40. The Bertz CT molecular complexity index is 758. The molecule has 144 valence electrons. The van der Waals surface area contributed by atoms with Gasteiger partial charge >= 0.3 is 6.03 Å². The van der Waals surface area contributed by atoms with E-state index in [0.29, 0.717) is 30.5 Å². The molecule has 2 aromatic rings. The number of carbonyl (C=O) groups is 2. The molecule has 8 nitrogen and oxygen atoms in total. The summed E-state index contributed by atoms with van der Waals surface area (Å²) in [5, 5.41) is 7.98. The first-order valence-electron chi connectivity index (χ1n) is 9.08.